The van der Waals surface area contributed by atoms with Crippen LogP contribution in [0.5, 0.6) is 0 Å². The zero-order valence-corrected chi connectivity index (χ0v) is 8.76. The van der Waals surface area contributed by atoms with E-state index >= 15 is 0 Å². The fourth-order valence-electron chi connectivity index (χ4n) is 2.13. The SMILES string of the molecule is CCCC[N+]1(CCO)CCNCC1. The van der Waals surface area contributed by atoms with Crippen molar-refractivity contribution >= 4 is 0 Å². The number of aliphatic hydroxyl groups excluding tert-OH is 1. The molecule has 0 spiro atoms. The van der Waals surface area contributed by atoms with E-state index in [0.717, 1.165) is 24.1 Å². The molecule has 3 nitrogen and oxygen atoms in total. The second-order valence-electron chi connectivity index (χ2n) is 4.06. The van der Waals surface area contributed by atoms with Gasteiger partial charge in [0.2, 0.25) is 0 Å². The summed E-state index contributed by atoms with van der Waals surface area (Å²) >= 11 is 0. The van der Waals surface area contributed by atoms with Gasteiger partial charge in [-0.25, -0.2) is 0 Å². The maximum Gasteiger partial charge on any atom is 0.102 e. The Morgan fingerprint density at radius 2 is 1.92 bits per heavy atom. The Hall–Kier alpha value is -0.120. The number of nitrogens with one attached hydrogen (secondary N) is 1. The van der Waals surface area contributed by atoms with Crippen LogP contribution in [0.2, 0.25) is 0 Å². The molecule has 0 radical (unpaired) electrons. The predicted octanol–water partition coefficient (Wildman–Crippen LogP) is 0.199. The first-order valence-electron chi connectivity index (χ1n) is 5.50. The summed E-state index contributed by atoms with van der Waals surface area (Å²) in [4.78, 5) is 0. The summed E-state index contributed by atoms with van der Waals surface area (Å²) in [7, 11) is 0. The minimum atomic E-state index is 0.337. The molecule has 0 unspecified atom stereocenters. The van der Waals surface area contributed by atoms with E-state index in [4.69, 9.17) is 5.11 Å². The molecule has 0 atom stereocenters. The second kappa shape index (κ2) is 5.58. The number of hydrogen-bond acceptors (Lipinski definition) is 2. The topological polar surface area (TPSA) is 32.3 Å². The van der Waals surface area contributed by atoms with E-state index in [-0.39, 0.29) is 0 Å². The molecule has 0 aliphatic carbocycles. The first-order chi connectivity index (χ1) is 6.33. The third-order valence-electron chi connectivity index (χ3n) is 3.09. The van der Waals surface area contributed by atoms with Crippen LogP contribution in [0.4, 0.5) is 0 Å². The zero-order chi connectivity index (χ0) is 9.57. The van der Waals surface area contributed by atoms with Gasteiger partial charge < -0.3 is 14.9 Å². The Morgan fingerprint density at radius 1 is 1.23 bits per heavy atom. The third kappa shape index (κ3) is 3.25. The molecule has 1 rings (SSSR count). The fraction of sp³-hybridized carbons (Fsp3) is 1.00. The molecular formula is C10H23N2O+. The molecule has 0 aromatic carbocycles. The number of rotatable bonds is 5. The highest BCUT2D eigenvalue weighted by Gasteiger charge is 2.27. The Balaban J connectivity index is 2.40. The lowest BCUT2D eigenvalue weighted by atomic mass is 10.2. The summed E-state index contributed by atoms with van der Waals surface area (Å²) in [5.74, 6) is 0. The first-order valence-corrected chi connectivity index (χ1v) is 5.50. The molecule has 1 aliphatic rings. The average Bonchev–Trinajstić information content (AvgIpc) is 2.17. The molecule has 3 heteroatoms. The van der Waals surface area contributed by atoms with E-state index in [9.17, 15) is 0 Å². The van der Waals surface area contributed by atoms with E-state index in [2.05, 4.69) is 12.2 Å². The summed E-state index contributed by atoms with van der Waals surface area (Å²) in [5.41, 5.74) is 0. The van der Waals surface area contributed by atoms with Gasteiger partial charge in [-0.3, -0.25) is 0 Å². The first kappa shape index (κ1) is 11.0. The highest BCUT2D eigenvalue weighted by molar-refractivity contribution is 4.57. The lowest BCUT2D eigenvalue weighted by molar-refractivity contribution is -0.930. The van der Waals surface area contributed by atoms with Gasteiger partial charge in [-0.15, -0.1) is 0 Å². The Morgan fingerprint density at radius 3 is 2.46 bits per heavy atom. The summed E-state index contributed by atoms with van der Waals surface area (Å²) in [6, 6.07) is 0. The molecule has 0 amide bonds. The minimum absolute atomic E-state index is 0.337. The highest BCUT2D eigenvalue weighted by atomic mass is 16.3. The summed E-state index contributed by atoms with van der Waals surface area (Å²) in [5, 5.41) is 12.4. The van der Waals surface area contributed by atoms with E-state index in [1.165, 1.54) is 32.5 Å². The number of unbranched alkanes of at least 4 members (excludes halogenated alkanes) is 1. The van der Waals surface area contributed by atoms with Gasteiger partial charge in [0.05, 0.1) is 26.2 Å². The van der Waals surface area contributed by atoms with Crippen molar-refractivity contribution in [3.63, 3.8) is 0 Å². The van der Waals surface area contributed by atoms with Crippen molar-refractivity contribution in [3.8, 4) is 0 Å². The van der Waals surface area contributed by atoms with Crippen LogP contribution in [0.3, 0.4) is 0 Å². The largest absolute Gasteiger partial charge is 0.391 e. The number of aliphatic hydroxyl groups is 1. The van der Waals surface area contributed by atoms with Crippen molar-refractivity contribution < 1.29 is 9.59 Å². The van der Waals surface area contributed by atoms with Crippen LogP contribution in [0, 0.1) is 0 Å². The molecule has 1 saturated heterocycles. The summed E-state index contributed by atoms with van der Waals surface area (Å²) < 4.78 is 1.14. The standard InChI is InChI=1S/C10H23N2O/c1-2-3-6-12(9-10-13)7-4-11-5-8-12/h11,13H,2-10H2,1H3/q+1. The van der Waals surface area contributed by atoms with Gasteiger partial charge in [-0.2, -0.15) is 0 Å². The van der Waals surface area contributed by atoms with Crippen LogP contribution in [-0.2, 0) is 0 Å². The average molecular weight is 187 g/mol. The monoisotopic (exact) mass is 187 g/mol. The van der Waals surface area contributed by atoms with Crippen molar-refractivity contribution in [2.24, 2.45) is 0 Å². The lowest BCUT2D eigenvalue weighted by Gasteiger charge is -2.41. The maximum absolute atomic E-state index is 9.05. The van der Waals surface area contributed by atoms with Gasteiger partial charge in [-0.05, 0) is 6.42 Å². The summed E-state index contributed by atoms with van der Waals surface area (Å²) in [6.45, 7) is 9.39. The van der Waals surface area contributed by atoms with Crippen molar-refractivity contribution in [2.45, 2.75) is 19.8 Å². The molecule has 0 aromatic heterocycles. The van der Waals surface area contributed by atoms with Crippen molar-refractivity contribution in [3.05, 3.63) is 0 Å². The maximum atomic E-state index is 9.05. The third-order valence-corrected chi connectivity index (χ3v) is 3.09. The Kier molecular flexibility index (Phi) is 4.70. The predicted molar refractivity (Wildman–Crippen MR) is 54.6 cm³/mol. The van der Waals surface area contributed by atoms with Crippen LogP contribution in [-0.4, -0.2) is 55.5 Å². The highest BCUT2D eigenvalue weighted by Crippen LogP contribution is 2.10. The lowest BCUT2D eigenvalue weighted by Crippen LogP contribution is -2.60. The van der Waals surface area contributed by atoms with Gasteiger partial charge in [0.25, 0.3) is 0 Å². The van der Waals surface area contributed by atoms with Gasteiger partial charge in [0, 0.05) is 13.1 Å². The molecule has 2 N–H and O–H groups in total. The van der Waals surface area contributed by atoms with Gasteiger partial charge in [0.1, 0.15) is 6.54 Å². The molecule has 13 heavy (non-hydrogen) atoms. The van der Waals surface area contributed by atoms with E-state index in [1.54, 1.807) is 0 Å². The molecule has 1 fully saturated rings. The molecule has 0 aromatic rings. The van der Waals surface area contributed by atoms with Crippen LogP contribution >= 0.6 is 0 Å². The Labute approximate surface area is 81.3 Å². The van der Waals surface area contributed by atoms with Crippen molar-refractivity contribution in [1.82, 2.24) is 5.32 Å². The van der Waals surface area contributed by atoms with Gasteiger partial charge in [-0.1, -0.05) is 13.3 Å². The normalized spacial score (nSPS) is 21.7. The van der Waals surface area contributed by atoms with Crippen molar-refractivity contribution in [1.29, 1.82) is 0 Å². The number of hydrogen-bond donors (Lipinski definition) is 2. The van der Waals surface area contributed by atoms with Crippen LogP contribution in [0.1, 0.15) is 19.8 Å². The van der Waals surface area contributed by atoms with Crippen LogP contribution in [0.15, 0.2) is 0 Å². The smallest absolute Gasteiger partial charge is 0.102 e. The van der Waals surface area contributed by atoms with Crippen molar-refractivity contribution in [2.75, 3.05) is 45.9 Å². The Bertz CT molecular complexity index is 127. The fourth-order valence-corrected chi connectivity index (χ4v) is 2.13. The zero-order valence-electron chi connectivity index (χ0n) is 8.76. The molecule has 0 saturated carbocycles. The molecule has 1 heterocycles. The second-order valence-corrected chi connectivity index (χ2v) is 4.06. The van der Waals surface area contributed by atoms with Crippen LogP contribution in [0.25, 0.3) is 0 Å². The quantitative estimate of drug-likeness (QED) is 0.603. The van der Waals surface area contributed by atoms with E-state index < -0.39 is 0 Å². The van der Waals surface area contributed by atoms with E-state index in [1.807, 2.05) is 0 Å². The van der Waals surface area contributed by atoms with Gasteiger partial charge in [0.15, 0.2) is 0 Å². The minimum Gasteiger partial charge on any atom is -0.391 e. The summed E-state index contributed by atoms with van der Waals surface area (Å²) in [6.07, 6.45) is 2.55. The van der Waals surface area contributed by atoms with Crippen LogP contribution < -0.4 is 5.32 Å². The molecule has 0 bridgehead atoms. The number of quaternary nitrogens is 1. The number of piperazine rings is 1. The molecule has 78 valence electrons. The molecular weight excluding hydrogens is 164 g/mol. The van der Waals surface area contributed by atoms with Gasteiger partial charge >= 0.3 is 0 Å². The molecule has 1 aliphatic heterocycles. The van der Waals surface area contributed by atoms with E-state index in [0.29, 0.717) is 6.61 Å². The number of nitrogens with zero attached hydrogens (tertiary/aromatic N) is 1.